The fourth-order valence-corrected chi connectivity index (χ4v) is 3.44. The minimum absolute atomic E-state index is 0.173. The van der Waals surface area contributed by atoms with Crippen LogP contribution in [0, 0.1) is 11.8 Å². The first-order valence-electron chi connectivity index (χ1n) is 9.27. The van der Waals surface area contributed by atoms with Crippen LogP contribution in [0.15, 0.2) is 24.3 Å². The van der Waals surface area contributed by atoms with Crippen LogP contribution in [0.3, 0.4) is 0 Å². The van der Waals surface area contributed by atoms with Gasteiger partial charge in [0.2, 0.25) is 5.91 Å². The van der Waals surface area contributed by atoms with E-state index >= 15 is 0 Å². The molecule has 1 saturated heterocycles. The van der Waals surface area contributed by atoms with Crippen molar-refractivity contribution in [2.45, 2.75) is 25.9 Å². The van der Waals surface area contributed by atoms with Crippen LogP contribution in [0.5, 0.6) is 0 Å². The number of piperazine rings is 1. The number of carbonyl (C=O) groups excluding carboxylic acids is 1. The van der Waals surface area contributed by atoms with Crippen LogP contribution in [0.4, 0.5) is 18.9 Å². The molecule has 1 aliphatic carbocycles. The first-order chi connectivity index (χ1) is 12.3. The summed E-state index contributed by atoms with van der Waals surface area (Å²) < 4.78 is 38.5. The molecule has 1 aromatic carbocycles. The van der Waals surface area contributed by atoms with E-state index in [0.29, 0.717) is 31.2 Å². The number of benzene rings is 1. The van der Waals surface area contributed by atoms with Crippen molar-refractivity contribution >= 4 is 11.6 Å². The van der Waals surface area contributed by atoms with Crippen LogP contribution >= 0.6 is 0 Å². The molecule has 144 valence electrons. The van der Waals surface area contributed by atoms with E-state index in [9.17, 15) is 18.0 Å². The largest absolute Gasteiger partial charge is 0.416 e. The Bertz CT molecular complexity index is 627. The van der Waals surface area contributed by atoms with E-state index in [-0.39, 0.29) is 11.8 Å². The second-order valence-corrected chi connectivity index (χ2v) is 7.34. The zero-order valence-electron chi connectivity index (χ0n) is 15.1. The minimum atomic E-state index is -4.31. The van der Waals surface area contributed by atoms with Crippen molar-refractivity contribution in [3.8, 4) is 0 Å². The van der Waals surface area contributed by atoms with Gasteiger partial charge in [0.1, 0.15) is 0 Å². The molecule has 3 rings (SSSR count). The molecule has 2 aliphatic rings. The van der Waals surface area contributed by atoms with E-state index in [1.807, 2.05) is 4.90 Å². The lowest BCUT2D eigenvalue weighted by Gasteiger charge is -2.36. The van der Waals surface area contributed by atoms with Gasteiger partial charge < -0.3 is 10.2 Å². The third kappa shape index (κ3) is 4.90. The third-order valence-corrected chi connectivity index (χ3v) is 5.31. The van der Waals surface area contributed by atoms with Crippen LogP contribution in [0.25, 0.3) is 0 Å². The molecule has 0 radical (unpaired) electrons. The highest BCUT2D eigenvalue weighted by Crippen LogP contribution is 2.37. The molecular weight excluding hydrogens is 343 g/mol. The van der Waals surface area contributed by atoms with Gasteiger partial charge in [0.15, 0.2) is 0 Å². The maximum Gasteiger partial charge on any atom is 0.416 e. The standard InChI is InChI=1S/C19H26F3N3O/c1-14-12-17(14)18(26)23-6-3-7-24-8-10-25(11-9-24)16-5-2-4-15(13-16)19(20,21)22/h2,4-5,13-14,17H,3,6-12H2,1H3,(H,23,26)/t14-,17-/m0/s1. The number of anilines is 1. The first kappa shape index (κ1) is 19.0. The molecule has 7 heteroatoms. The van der Waals surface area contributed by atoms with Gasteiger partial charge in [0.05, 0.1) is 5.56 Å². The highest BCUT2D eigenvalue weighted by Gasteiger charge is 2.38. The summed E-state index contributed by atoms with van der Waals surface area (Å²) >= 11 is 0. The highest BCUT2D eigenvalue weighted by molar-refractivity contribution is 5.81. The Labute approximate surface area is 152 Å². The maximum atomic E-state index is 12.8. The molecule has 2 fully saturated rings. The molecule has 1 heterocycles. The second kappa shape index (κ2) is 7.86. The summed E-state index contributed by atoms with van der Waals surface area (Å²) in [5.41, 5.74) is 0.0310. The first-order valence-corrected chi connectivity index (χ1v) is 9.27. The predicted octanol–water partition coefficient (Wildman–Crippen LogP) is 2.99. The molecule has 0 unspecified atom stereocenters. The molecule has 4 nitrogen and oxygen atoms in total. The van der Waals surface area contributed by atoms with Gasteiger partial charge in [-0.1, -0.05) is 13.0 Å². The van der Waals surface area contributed by atoms with Gasteiger partial charge in [-0.2, -0.15) is 13.2 Å². The summed E-state index contributed by atoms with van der Waals surface area (Å²) in [5.74, 6) is 0.914. The van der Waals surface area contributed by atoms with Gasteiger partial charge in [0.25, 0.3) is 0 Å². The van der Waals surface area contributed by atoms with Gasteiger partial charge in [-0.25, -0.2) is 0 Å². The topological polar surface area (TPSA) is 35.6 Å². The number of carbonyl (C=O) groups is 1. The van der Waals surface area contributed by atoms with Crippen LogP contribution in [0.2, 0.25) is 0 Å². The summed E-state index contributed by atoms with van der Waals surface area (Å²) in [6.07, 6.45) is -2.40. The van der Waals surface area contributed by atoms with E-state index in [1.54, 1.807) is 6.07 Å². The van der Waals surface area contributed by atoms with Gasteiger partial charge in [-0.15, -0.1) is 0 Å². The van der Waals surface area contributed by atoms with Crippen molar-refractivity contribution in [2.75, 3.05) is 44.2 Å². The number of alkyl halides is 3. The fraction of sp³-hybridized carbons (Fsp3) is 0.632. The Morgan fingerprint density at radius 3 is 2.54 bits per heavy atom. The number of hydrogen-bond acceptors (Lipinski definition) is 3. The average Bonchev–Trinajstić information content (AvgIpc) is 3.35. The number of nitrogens with one attached hydrogen (secondary N) is 1. The summed E-state index contributed by atoms with van der Waals surface area (Å²) in [7, 11) is 0. The molecule has 1 N–H and O–H groups in total. The van der Waals surface area contributed by atoms with Crippen molar-refractivity contribution in [1.82, 2.24) is 10.2 Å². The van der Waals surface area contributed by atoms with Crippen LogP contribution in [0.1, 0.15) is 25.3 Å². The lowest BCUT2D eigenvalue weighted by atomic mass is 10.1. The zero-order valence-corrected chi connectivity index (χ0v) is 15.1. The monoisotopic (exact) mass is 369 g/mol. The summed E-state index contributed by atoms with van der Waals surface area (Å²) in [4.78, 5) is 16.1. The van der Waals surface area contributed by atoms with Crippen molar-refractivity contribution in [1.29, 1.82) is 0 Å². The van der Waals surface area contributed by atoms with E-state index < -0.39 is 11.7 Å². The van der Waals surface area contributed by atoms with Crippen molar-refractivity contribution < 1.29 is 18.0 Å². The Balaban J connectivity index is 1.38. The second-order valence-electron chi connectivity index (χ2n) is 7.34. The normalized spacial score (nSPS) is 23.8. The molecular formula is C19H26F3N3O. The zero-order chi connectivity index (χ0) is 18.7. The lowest BCUT2D eigenvalue weighted by molar-refractivity contribution is -0.137. The molecule has 0 aromatic heterocycles. The summed E-state index contributed by atoms with van der Waals surface area (Å²) in [6.45, 7) is 6.76. The summed E-state index contributed by atoms with van der Waals surface area (Å²) in [5, 5.41) is 2.99. The Morgan fingerprint density at radius 1 is 1.23 bits per heavy atom. The number of nitrogens with zero attached hydrogens (tertiary/aromatic N) is 2. The Hall–Kier alpha value is -1.76. The molecule has 1 aromatic rings. The predicted molar refractivity (Wildman–Crippen MR) is 95.0 cm³/mol. The van der Waals surface area contributed by atoms with Crippen molar-refractivity contribution in [3.05, 3.63) is 29.8 Å². The van der Waals surface area contributed by atoms with E-state index in [1.165, 1.54) is 12.1 Å². The molecule has 0 bridgehead atoms. The van der Waals surface area contributed by atoms with Crippen molar-refractivity contribution in [3.63, 3.8) is 0 Å². The third-order valence-electron chi connectivity index (χ3n) is 5.31. The van der Waals surface area contributed by atoms with E-state index in [0.717, 1.165) is 38.5 Å². The SMILES string of the molecule is C[C@H]1C[C@@H]1C(=O)NCCCN1CCN(c2cccc(C(F)(F)F)c2)CC1. The van der Waals surface area contributed by atoms with Gasteiger partial charge >= 0.3 is 6.18 Å². The van der Waals surface area contributed by atoms with Gasteiger partial charge in [0, 0.05) is 44.3 Å². The maximum absolute atomic E-state index is 12.8. The summed E-state index contributed by atoms with van der Waals surface area (Å²) in [6, 6.07) is 5.54. The van der Waals surface area contributed by atoms with Crippen molar-refractivity contribution in [2.24, 2.45) is 11.8 Å². The minimum Gasteiger partial charge on any atom is -0.369 e. The number of amides is 1. The number of rotatable bonds is 6. The molecule has 0 spiro atoms. The quantitative estimate of drug-likeness (QED) is 0.783. The smallest absolute Gasteiger partial charge is 0.369 e. The Kier molecular flexibility index (Phi) is 5.75. The van der Waals surface area contributed by atoms with E-state index in [4.69, 9.17) is 0 Å². The van der Waals surface area contributed by atoms with Gasteiger partial charge in [-0.05, 0) is 43.5 Å². The molecule has 26 heavy (non-hydrogen) atoms. The fourth-order valence-electron chi connectivity index (χ4n) is 3.44. The van der Waals surface area contributed by atoms with Gasteiger partial charge in [-0.3, -0.25) is 9.69 Å². The highest BCUT2D eigenvalue weighted by atomic mass is 19.4. The lowest BCUT2D eigenvalue weighted by Crippen LogP contribution is -2.47. The van der Waals surface area contributed by atoms with Crippen LogP contribution in [-0.4, -0.2) is 50.1 Å². The average molecular weight is 369 g/mol. The number of hydrogen-bond donors (Lipinski definition) is 1. The molecule has 1 aliphatic heterocycles. The molecule has 1 saturated carbocycles. The molecule has 2 atom stereocenters. The van der Waals surface area contributed by atoms with Crippen LogP contribution < -0.4 is 10.2 Å². The van der Waals surface area contributed by atoms with E-state index in [2.05, 4.69) is 17.1 Å². The Morgan fingerprint density at radius 2 is 1.92 bits per heavy atom. The van der Waals surface area contributed by atoms with Crippen LogP contribution in [-0.2, 0) is 11.0 Å². The molecule has 1 amide bonds. The number of halogens is 3.